The summed E-state index contributed by atoms with van der Waals surface area (Å²) in [5.41, 5.74) is 5.12. The van der Waals surface area contributed by atoms with E-state index in [1.165, 1.54) is 24.3 Å². The van der Waals surface area contributed by atoms with Gasteiger partial charge in [-0.1, -0.05) is 91.8 Å². The van der Waals surface area contributed by atoms with Crippen LogP contribution in [0.2, 0.25) is 0 Å². The van der Waals surface area contributed by atoms with Crippen LogP contribution in [0.1, 0.15) is 32.5 Å². The molecule has 302 valence electrons. The highest BCUT2D eigenvalue weighted by Gasteiger charge is 2.19. The fourth-order valence-electron chi connectivity index (χ4n) is 6.12. The summed E-state index contributed by atoms with van der Waals surface area (Å²) in [6, 6.07) is 60.1. The topological polar surface area (TPSA) is 86.7 Å². The van der Waals surface area contributed by atoms with Crippen molar-refractivity contribution in [1.82, 2.24) is 0 Å². The molecule has 0 heterocycles. The Morgan fingerprint density at radius 1 is 0.295 bits per heavy atom. The second kappa shape index (κ2) is 18.5. The minimum Gasteiger partial charge on any atom is -0.457 e. The summed E-state index contributed by atoms with van der Waals surface area (Å²) in [5, 5.41) is 0. The smallest absolute Gasteiger partial charge is 0.206 e. The third kappa shape index (κ3) is 10.2. The first-order valence-corrected chi connectivity index (χ1v) is 21.8. The Kier molecular flexibility index (Phi) is 12.6. The van der Waals surface area contributed by atoms with Gasteiger partial charge in [0.05, 0.1) is 19.6 Å². The number of benzene rings is 8. The van der Waals surface area contributed by atoms with E-state index in [0.29, 0.717) is 23.0 Å². The lowest BCUT2D eigenvalue weighted by Gasteiger charge is -2.10. The van der Waals surface area contributed by atoms with Crippen LogP contribution in [0.3, 0.4) is 0 Å². The van der Waals surface area contributed by atoms with E-state index < -0.39 is 19.7 Å². The van der Waals surface area contributed by atoms with E-state index >= 15 is 0 Å². The van der Waals surface area contributed by atoms with Gasteiger partial charge in [0.2, 0.25) is 19.7 Å². The summed E-state index contributed by atoms with van der Waals surface area (Å²) in [6.45, 7) is 0. The molecule has 8 aromatic rings. The summed E-state index contributed by atoms with van der Waals surface area (Å²) >= 11 is 0. The Morgan fingerprint density at radius 2 is 0.525 bits per heavy atom. The number of hydrogen-bond acceptors (Lipinski definition) is 6. The molecule has 0 fully saturated rings. The van der Waals surface area contributed by atoms with Gasteiger partial charge in [0.15, 0.2) is 0 Å². The summed E-state index contributed by atoms with van der Waals surface area (Å²) in [5.74, 6) is 14.5. The van der Waals surface area contributed by atoms with Crippen molar-refractivity contribution in [1.29, 1.82) is 0 Å². The van der Waals surface area contributed by atoms with Crippen LogP contribution in [-0.2, 0) is 19.7 Å². The molecule has 8 heteroatoms. The van der Waals surface area contributed by atoms with Gasteiger partial charge in [0.25, 0.3) is 0 Å². The monoisotopic (exact) mass is 842 g/mol. The first-order chi connectivity index (χ1) is 29.2. The van der Waals surface area contributed by atoms with Crippen LogP contribution < -0.4 is 9.47 Å². The molecule has 0 amide bonds. The third-order valence-electron chi connectivity index (χ3n) is 9.36. The Labute approximate surface area is 360 Å². The fraction of sp³-hybridized carbons (Fsp3) is 0.0189. The second-order valence-electron chi connectivity index (χ2n) is 13.5. The fourth-order valence-corrected chi connectivity index (χ4v) is 8.64. The highest BCUT2D eigenvalue weighted by molar-refractivity contribution is 7.91. The van der Waals surface area contributed by atoms with E-state index in [2.05, 4.69) is 23.7 Å². The normalized spacial score (nSPS) is 10.8. The molecule has 0 saturated heterocycles. The average molecular weight is 843 g/mol. The maximum Gasteiger partial charge on any atom is 0.206 e. The van der Waals surface area contributed by atoms with Gasteiger partial charge in [0.1, 0.15) is 23.0 Å². The molecular weight excluding hydrogens is 797 g/mol. The van der Waals surface area contributed by atoms with Crippen molar-refractivity contribution < 1.29 is 29.2 Å². The van der Waals surface area contributed by atoms with Crippen molar-refractivity contribution in [2.24, 2.45) is 0 Å². The molecule has 0 aliphatic heterocycles. The summed E-state index contributed by atoms with van der Waals surface area (Å²) in [6.07, 6.45) is 0. The lowest BCUT2D eigenvalue weighted by Crippen LogP contribution is -2.01. The molecule has 8 aromatic carbocycles. The third-order valence-corrected chi connectivity index (χ3v) is 12.9. The lowest BCUT2D eigenvalue weighted by molar-refractivity contribution is 0.481. The zero-order chi connectivity index (χ0) is 41.4. The van der Waals surface area contributed by atoms with Crippen LogP contribution in [0.25, 0.3) is 11.1 Å². The molecule has 0 N–H and O–H groups in total. The molecule has 0 aliphatic rings. The quantitative estimate of drug-likeness (QED) is 0.135. The molecule has 0 atom stereocenters. The molecule has 0 aromatic heterocycles. The average Bonchev–Trinajstić information content (AvgIpc) is 3.29. The van der Waals surface area contributed by atoms with Gasteiger partial charge in [-0.2, -0.15) is 0 Å². The van der Waals surface area contributed by atoms with Crippen molar-refractivity contribution in [3.05, 3.63) is 229 Å². The Morgan fingerprint density at radius 3 is 0.803 bits per heavy atom. The van der Waals surface area contributed by atoms with Crippen molar-refractivity contribution in [2.45, 2.75) is 27.0 Å². The summed E-state index contributed by atoms with van der Waals surface area (Å²) in [4.78, 5) is 0.690. The van der Waals surface area contributed by atoms with Crippen molar-refractivity contribution in [2.75, 3.05) is 0 Å². The summed E-state index contributed by atoms with van der Waals surface area (Å²) < 4.78 is 65.3. The lowest BCUT2D eigenvalue weighted by atomic mass is 10.1. The van der Waals surface area contributed by atoms with Crippen molar-refractivity contribution >= 4 is 19.7 Å². The molecule has 6 nitrogen and oxygen atoms in total. The number of hydrogen-bond donors (Lipinski definition) is 0. The molecule has 0 saturated carbocycles. The van der Waals surface area contributed by atoms with Gasteiger partial charge in [-0.05, 0) is 157 Å². The molecule has 0 unspecified atom stereocenters. The van der Waals surface area contributed by atoms with Crippen molar-refractivity contribution in [3.63, 3.8) is 0 Å². The first kappa shape index (κ1) is 41.5. The highest BCUT2D eigenvalue weighted by Crippen LogP contribution is 2.31. The van der Waals surface area contributed by atoms with Gasteiger partial charge >= 0.3 is 0 Å². The molecule has 61 heavy (non-hydrogen) atoms. The minimum atomic E-state index is -3.73. The number of rotatable bonds is 9. The van der Waals surface area contributed by atoms with Crippen molar-refractivity contribution in [3.8, 4) is 57.8 Å². The van der Waals surface area contributed by atoms with E-state index in [4.69, 9.17) is 9.47 Å². The highest BCUT2D eigenvalue weighted by atomic mass is 32.2. The van der Waals surface area contributed by atoms with E-state index in [0.717, 1.165) is 33.4 Å². The maximum atomic E-state index is 13.3. The molecule has 0 aliphatic carbocycles. The van der Waals surface area contributed by atoms with E-state index in [9.17, 15) is 16.8 Å². The minimum absolute atomic E-state index is 0. The zero-order valence-electron chi connectivity index (χ0n) is 31.9. The number of ether oxygens (including phenoxy) is 2. The predicted octanol–water partition coefficient (Wildman–Crippen LogP) is 12.5. The standard InChI is InChI=1S/C52H34O6S2.CH4.2H2/c53-59(54,49-31-15-41(16-32-49)13-11-39-7-3-1-4-8-39)51-35-27-47(28-36-51)57-45-23-19-43(20-24-45)44-21-25-46(26-22-44)58-48-29-37-52(38-30-48)60(55,56)50-33-17-42(18-34-50)14-12-40-9-5-2-6-10-40;;;/h1-10,15-38H;1H4;2*1H/i;;2*1+2. The summed E-state index contributed by atoms with van der Waals surface area (Å²) in [7, 11) is -7.47. The first-order valence-electron chi connectivity index (χ1n) is 18.8. The molecule has 0 bridgehead atoms. The largest absolute Gasteiger partial charge is 0.457 e. The Bertz CT molecular complexity index is 2880. The van der Waals surface area contributed by atoms with Crippen LogP contribution in [0.5, 0.6) is 23.0 Å². The molecule has 8 rings (SSSR count). The van der Waals surface area contributed by atoms with Crippen LogP contribution in [0.15, 0.2) is 226 Å². The molecule has 0 spiro atoms. The van der Waals surface area contributed by atoms with Gasteiger partial charge in [0, 0.05) is 25.1 Å². The van der Waals surface area contributed by atoms with Gasteiger partial charge in [-0.25, -0.2) is 16.8 Å². The second-order valence-corrected chi connectivity index (χ2v) is 17.4. The Balaban J connectivity index is 0.00000249. The van der Waals surface area contributed by atoms with Gasteiger partial charge in [-0.3, -0.25) is 0 Å². The zero-order valence-corrected chi connectivity index (χ0v) is 33.5. The van der Waals surface area contributed by atoms with Crippen LogP contribution in [0.4, 0.5) is 0 Å². The number of sulfone groups is 2. The van der Waals surface area contributed by atoms with Crippen LogP contribution >= 0.6 is 0 Å². The maximum absolute atomic E-state index is 13.3. The van der Waals surface area contributed by atoms with E-state index in [1.54, 1.807) is 72.8 Å². The Hall–Kier alpha value is -7.62. The molecule has 0 radical (unpaired) electrons. The van der Waals surface area contributed by atoms with Crippen LogP contribution in [-0.4, -0.2) is 16.8 Å². The van der Waals surface area contributed by atoms with Gasteiger partial charge in [-0.15, -0.1) is 0 Å². The van der Waals surface area contributed by atoms with E-state index in [1.807, 2.05) is 109 Å². The van der Waals surface area contributed by atoms with Crippen LogP contribution in [0, 0.1) is 23.7 Å². The SMILES string of the molecule is C.O=S(=O)(c1ccc(C#Cc2ccccc2)cc1)c1ccc(Oc2ccc(-c3ccc(Oc4ccc(S(=O)(=O)c5ccc(C#Cc6ccccc6)cc5)cc4)cc3)cc2)cc1.[3HH].[3HH]. The van der Waals surface area contributed by atoms with Gasteiger partial charge < -0.3 is 9.47 Å². The predicted molar refractivity (Wildman–Crippen MR) is 245 cm³/mol. The van der Waals surface area contributed by atoms with E-state index in [-0.39, 0.29) is 29.9 Å². The molecular formula is C53H42O6S2.